The Morgan fingerprint density at radius 3 is 2.94 bits per heavy atom. The van der Waals surface area contributed by atoms with Crippen LogP contribution >= 0.6 is 0 Å². The predicted octanol–water partition coefficient (Wildman–Crippen LogP) is 2.82. The number of anilines is 1. The Hall–Kier alpha value is -2.62. The number of nitrogens with zero attached hydrogens (tertiary/aromatic N) is 1. The molecule has 0 atom stereocenters. The molecule has 0 aliphatic heterocycles. The summed E-state index contributed by atoms with van der Waals surface area (Å²) in [6.45, 7) is 0. The van der Waals surface area contributed by atoms with Gasteiger partial charge in [0.15, 0.2) is 0 Å². The van der Waals surface area contributed by atoms with E-state index in [9.17, 15) is 4.79 Å². The molecule has 0 saturated heterocycles. The van der Waals surface area contributed by atoms with E-state index in [0.717, 1.165) is 10.9 Å². The van der Waals surface area contributed by atoms with Crippen molar-refractivity contribution in [1.82, 2.24) is 9.97 Å². The monoisotopic (exact) mass is 237 g/mol. The van der Waals surface area contributed by atoms with E-state index in [4.69, 9.17) is 0 Å². The van der Waals surface area contributed by atoms with Gasteiger partial charge in [0.25, 0.3) is 5.91 Å². The number of H-pyrrole nitrogens is 1. The van der Waals surface area contributed by atoms with E-state index < -0.39 is 0 Å². The van der Waals surface area contributed by atoms with Crippen molar-refractivity contribution in [2.24, 2.45) is 0 Å². The van der Waals surface area contributed by atoms with E-state index in [2.05, 4.69) is 15.3 Å². The molecular formula is C14H11N3O. The molecule has 0 unspecified atom stereocenters. The highest BCUT2D eigenvalue weighted by molar-refractivity contribution is 6.12. The first kappa shape index (κ1) is 10.5. The largest absolute Gasteiger partial charge is 0.361 e. The molecular weight excluding hydrogens is 226 g/mol. The highest BCUT2D eigenvalue weighted by Gasteiger charge is 2.10. The van der Waals surface area contributed by atoms with Gasteiger partial charge in [-0.2, -0.15) is 0 Å². The third kappa shape index (κ3) is 1.84. The topological polar surface area (TPSA) is 57.8 Å². The predicted molar refractivity (Wildman–Crippen MR) is 70.5 cm³/mol. The normalized spacial score (nSPS) is 10.4. The average Bonchev–Trinajstić information content (AvgIpc) is 2.87. The molecule has 0 fully saturated rings. The van der Waals surface area contributed by atoms with Crippen LogP contribution < -0.4 is 5.32 Å². The van der Waals surface area contributed by atoms with Crippen molar-refractivity contribution in [3.63, 3.8) is 0 Å². The molecule has 0 bridgehead atoms. The van der Waals surface area contributed by atoms with Gasteiger partial charge in [-0.25, -0.2) is 0 Å². The first-order valence-corrected chi connectivity index (χ1v) is 5.62. The molecule has 0 radical (unpaired) electrons. The number of amides is 1. The van der Waals surface area contributed by atoms with Gasteiger partial charge in [0, 0.05) is 28.9 Å². The number of aromatic nitrogens is 2. The fraction of sp³-hybridized carbons (Fsp3) is 0. The van der Waals surface area contributed by atoms with Gasteiger partial charge in [0.05, 0.1) is 11.9 Å². The average molecular weight is 237 g/mol. The van der Waals surface area contributed by atoms with Crippen LogP contribution in [0, 0.1) is 0 Å². The zero-order valence-corrected chi connectivity index (χ0v) is 9.55. The Kier molecular flexibility index (Phi) is 2.53. The molecule has 4 heteroatoms. The molecule has 0 saturated carbocycles. The van der Waals surface area contributed by atoms with Crippen molar-refractivity contribution in [2.75, 3.05) is 5.32 Å². The second-order valence-corrected chi connectivity index (χ2v) is 3.94. The van der Waals surface area contributed by atoms with Crippen LogP contribution in [0.5, 0.6) is 0 Å². The highest BCUT2D eigenvalue weighted by Crippen LogP contribution is 2.18. The molecule has 0 aliphatic rings. The zero-order valence-electron chi connectivity index (χ0n) is 9.55. The maximum absolute atomic E-state index is 12.2. The molecule has 1 aromatic carbocycles. The summed E-state index contributed by atoms with van der Waals surface area (Å²) < 4.78 is 0. The second-order valence-electron chi connectivity index (χ2n) is 3.94. The van der Waals surface area contributed by atoms with Crippen molar-refractivity contribution in [3.05, 3.63) is 60.6 Å². The number of pyridine rings is 1. The summed E-state index contributed by atoms with van der Waals surface area (Å²) in [5.41, 5.74) is 2.29. The summed E-state index contributed by atoms with van der Waals surface area (Å²) in [6.07, 6.45) is 5.11. The smallest absolute Gasteiger partial charge is 0.256 e. The summed E-state index contributed by atoms with van der Waals surface area (Å²) in [7, 11) is 0. The maximum Gasteiger partial charge on any atom is 0.256 e. The van der Waals surface area contributed by atoms with Crippen LogP contribution in [0.1, 0.15) is 10.4 Å². The maximum atomic E-state index is 12.2. The van der Waals surface area contributed by atoms with Gasteiger partial charge in [-0.3, -0.25) is 9.78 Å². The van der Waals surface area contributed by atoms with Crippen molar-refractivity contribution < 1.29 is 4.79 Å². The quantitative estimate of drug-likeness (QED) is 0.720. The Balaban J connectivity index is 1.95. The number of benzene rings is 1. The standard InChI is InChI=1S/C14H11N3O/c18-14(17-10-3-2-7-15-9-10)12-4-1-5-13-11(12)6-8-16-13/h1-9,16H,(H,17,18). The van der Waals surface area contributed by atoms with Gasteiger partial charge in [0.2, 0.25) is 0 Å². The lowest BCUT2D eigenvalue weighted by Gasteiger charge is -2.05. The summed E-state index contributed by atoms with van der Waals surface area (Å²) >= 11 is 0. The summed E-state index contributed by atoms with van der Waals surface area (Å²) in [5.74, 6) is -0.131. The van der Waals surface area contributed by atoms with E-state index in [-0.39, 0.29) is 5.91 Å². The minimum atomic E-state index is -0.131. The van der Waals surface area contributed by atoms with Gasteiger partial charge in [0.1, 0.15) is 0 Å². The van der Waals surface area contributed by atoms with E-state index in [0.29, 0.717) is 11.3 Å². The third-order valence-electron chi connectivity index (χ3n) is 2.76. The van der Waals surface area contributed by atoms with Gasteiger partial charge in [-0.15, -0.1) is 0 Å². The van der Waals surface area contributed by atoms with Gasteiger partial charge >= 0.3 is 0 Å². The first-order valence-electron chi connectivity index (χ1n) is 5.62. The number of nitrogens with one attached hydrogen (secondary N) is 2. The van der Waals surface area contributed by atoms with Crippen molar-refractivity contribution >= 4 is 22.5 Å². The van der Waals surface area contributed by atoms with Crippen molar-refractivity contribution in [1.29, 1.82) is 0 Å². The van der Waals surface area contributed by atoms with Gasteiger partial charge in [-0.1, -0.05) is 6.07 Å². The van der Waals surface area contributed by atoms with E-state index >= 15 is 0 Å². The first-order chi connectivity index (χ1) is 8.84. The molecule has 0 spiro atoms. The number of fused-ring (bicyclic) bond motifs is 1. The molecule has 88 valence electrons. The molecule has 2 heterocycles. The molecule has 3 rings (SSSR count). The Morgan fingerprint density at radius 1 is 1.17 bits per heavy atom. The van der Waals surface area contributed by atoms with Crippen LogP contribution in [-0.4, -0.2) is 15.9 Å². The Bertz CT molecular complexity index is 688. The SMILES string of the molecule is O=C(Nc1cccnc1)c1cccc2[nH]ccc12. The lowest BCUT2D eigenvalue weighted by molar-refractivity contribution is 0.102. The van der Waals surface area contributed by atoms with E-state index in [1.807, 2.05) is 36.5 Å². The van der Waals surface area contributed by atoms with Crippen LogP contribution in [0.25, 0.3) is 10.9 Å². The fourth-order valence-corrected chi connectivity index (χ4v) is 1.92. The third-order valence-corrected chi connectivity index (χ3v) is 2.76. The molecule has 1 amide bonds. The lowest BCUT2D eigenvalue weighted by Crippen LogP contribution is -2.12. The van der Waals surface area contributed by atoms with Crippen LogP contribution in [0.15, 0.2) is 55.0 Å². The zero-order chi connectivity index (χ0) is 12.4. The fourth-order valence-electron chi connectivity index (χ4n) is 1.92. The highest BCUT2D eigenvalue weighted by atomic mass is 16.1. The number of rotatable bonds is 2. The molecule has 4 nitrogen and oxygen atoms in total. The van der Waals surface area contributed by atoms with Gasteiger partial charge in [-0.05, 0) is 30.3 Å². The van der Waals surface area contributed by atoms with Gasteiger partial charge < -0.3 is 10.3 Å². The molecule has 0 aliphatic carbocycles. The summed E-state index contributed by atoms with van der Waals surface area (Å²) in [5, 5.41) is 3.74. The number of carbonyl (C=O) groups is 1. The number of hydrogen-bond acceptors (Lipinski definition) is 2. The molecule has 3 aromatic rings. The number of hydrogen-bond donors (Lipinski definition) is 2. The summed E-state index contributed by atoms with van der Waals surface area (Å²) in [4.78, 5) is 19.2. The van der Waals surface area contributed by atoms with Crippen molar-refractivity contribution in [2.45, 2.75) is 0 Å². The summed E-state index contributed by atoms with van der Waals surface area (Å²) in [6, 6.07) is 11.1. The number of carbonyl (C=O) groups excluding carboxylic acids is 1. The minimum Gasteiger partial charge on any atom is -0.361 e. The van der Waals surface area contributed by atoms with Crippen LogP contribution in [0.3, 0.4) is 0 Å². The Morgan fingerprint density at radius 2 is 2.11 bits per heavy atom. The van der Waals surface area contributed by atoms with E-state index in [1.165, 1.54) is 0 Å². The molecule has 18 heavy (non-hydrogen) atoms. The van der Waals surface area contributed by atoms with Crippen LogP contribution in [0.2, 0.25) is 0 Å². The molecule has 2 N–H and O–H groups in total. The number of aromatic amines is 1. The van der Waals surface area contributed by atoms with E-state index in [1.54, 1.807) is 18.5 Å². The Labute approximate surface area is 104 Å². The minimum absolute atomic E-state index is 0.131. The second kappa shape index (κ2) is 4.33. The van der Waals surface area contributed by atoms with Crippen LogP contribution in [0.4, 0.5) is 5.69 Å². The lowest BCUT2D eigenvalue weighted by atomic mass is 10.1. The van der Waals surface area contributed by atoms with Crippen molar-refractivity contribution in [3.8, 4) is 0 Å². The molecule has 2 aromatic heterocycles. The van der Waals surface area contributed by atoms with Crippen LogP contribution in [-0.2, 0) is 0 Å².